The molecule has 0 radical (unpaired) electrons. The van der Waals surface area contributed by atoms with Crippen LogP contribution in [0.15, 0.2) is 312 Å². The van der Waals surface area contributed by atoms with Crippen LogP contribution in [0.2, 0.25) is 0 Å². The molecular weight excluding hydrogens is 1070 g/mol. The third-order valence-corrected chi connectivity index (χ3v) is 20.0. The zero-order valence-electron chi connectivity index (χ0n) is 47.6. The Hall–Kier alpha value is -11.5. The van der Waals surface area contributed by atoms with Crippen molar-refractivity contribution in [2.75, 3.05) is 9.80 Å². The Morgan fingerprint density at radius 3 is 0.818 bits per heavy atom. The fourth-order valence-electron chi connectivity index (χ4n) is 16.5. The van der Waals surface area contributed by atoms with E-state index in [-0.39, 0.29) is 0 Å². The van der Waals surface area contributed by atoms with E-state index in [2.05, 4.69) is 313 Å². The standard InChI is InChI=1S/C84H50N2O2/c1-3-19-53(20-4-1)85(55-35-39-65-63-27-11-17-33-75(63)83(77(65)47-55)71-29-13-7-23-59(71)60-24-8-14-30-72(60)83)57-37-41-67-69-43-51-44-70-68-42-38-58(50-82(68)88-80(70)46-52(51)45-79(69)87-81(67)49-57)86(54-21-5-2-6-22-54)56-36-40-66-64-28-12-18-34-76(64)84(78(66)48-56)73-31-15-9-25-61(73)62-26-10-16-32-74(62)84/h1-50H. The molecule has 0 aliphatic heterocycles. The van der Waals surface area contributed by atoms with Gasteiger partial charge >= 0.3 is 0 Å². The third kappa shape index (κ3) is 6.22. The van der Waals surface area contributed by atoms with Gasteiger partial charge in [-0.3, -0.25) is 0 Å². The van der Waals surface area contributed by atoms with Crippen LogP contribution in [0, 0.1) is 0 Å². The Morgan fingerprint density at radius 2 is 0.466 bits per heavy atom. The van der Waals surface area contributed by atoms with Gasteiger partial charge in [0.2, 0.25) is 0 Å². The molecule has 4 heteroatoms. The van der Waals surface area contributed by atoms with Gasteiger partial charge in [-0.25, -0.2) is 0 Å². The Balaban J connectivity index is 0.691. The van der Waals surface area contributed by atoms with E-state index in [0.29, 0.717) is 0 Å². The number of fused-ring (bicyclic) bond motifs is 27. The molecule has 0 saturated heterocycles. The van der Waals surface area contributed by atoms with Crippen molar-refractivity contribution in [2.24, 2.45) is 0 Å². The van der Waals surface area contributed by atoms with Gasteiger partial charge in [-0.2, -0.15) is 0 Å². The Labute approximate surface area is 507 Å². The quantitative estimate of drug-likeness (QED) is 0.166. The van der Waals surface area contributed by atoms with Gasteiger partial charge in [0.05, 0.1) is 10.8 Å². The van der Waals surface area contributed by atoms with Gasteiger partial charge in [-0.1, -0.05) is 194 Å². The second-order valence-electron chi connectivity index (χ2n) is 24.2. The first kappa shape index (κ1) is 47.8. The highest BCUT2D eigenvalue weighted by molar-refractivity contribution is 6.16. The Kier molecular flexibility index (Phi) is 9.56. The molecule has 16 aromatic rings. The van der Waals surface area contributed by atoms with Crippen molar-refractivity contribution in [1.29, 1.82) is 0 Å². The van der Waals surface area contributed by atoms with Crippen LogP contribution in [-0.4, -0.2) is 0 Å². The molecule has 0 saturated carbocycles. The van der Waals surface area contributed by atoms with Crippen LogP contribution in [0.3, 0.4) is 0 Å². The van der Waals surface area contributed by atoms with Crippen molar-refractivity contribution in [3.63, 3.8) is 0 Å². The van der Waals surface area contributed by atoms with Gasteiger partial charge in [-0.05, 0) is 197 Å². The maximum absolute atomic E-state index is 6.94. The van der Waals surface area contributed by atoms with Gasteiger partial charge in [0.15, 0.2) is 0 Å². The van der Waals surface area contributed by atoms with Crippen LogP contribution in [-0.2, 0) is 10.8 Å². The van der Waals surface area contributed by atoms with Gasteiger partial charge in [0, 0.05) is 67.8 Å². The zero-order valence-corrected chi connectivity index (χ0v) is 47.6. The molecule has 2 aromatic heterocycles. The third-order valence-electron chi connectivity index (χ3n) is 20.0. The second-order valence-corrected chi connectivity index (χ2v) is 24.2. The molecule has 0 amide bonds. The van der Waals surface area contributed by atoms with Crippen LogP contribution in [0.5, 0.6) is 0 Å². The van der Waals surface area contributed by atoms with Crippen LogP contribution in [0.25, 0.3) is 99.2 Å². The van der Waals surface area contributed by atoms with Crippen LogP contribution >= 0.6 is 0 Å². The minimum absolute atomic E-state index is 0.457. The highest BCUT2D eigenvalue weighted by Gasteiger charge is 2.53. The highest BCUT2D eigenvalue weighted by atomic mass is 16.3. The molecule has 14 aromatic carbocycles. The topological polar surface area (TPSA) is 32.8 Å². The van der Waals surface area contributed by atoms with Gasteiger partial charge in [-0.15, -0.1) is 0 Å². The first-order valence-corrected chi connectivity index (χ1v) is 30.5. The van der Waals surface area contributed by atoms with E-state index in [0.717, 1.165) is 88.8 Å². The summed E-state index contributed by atoms with van der Waals surface area (Å²) in [6.07, 6.45) is 0. The van der Waals surface area contributed by atoms with Crippen LogP contribution in [0.4, 0.5) is 34.1 Å². The molecule has 0 N–H and O–H groups in total. The maximum atomic E-state index is 6.94. The first-order valence-electron chi connectivity index (χ1n) is 30.5. The average molecular weight is 1120 g/mol. The van der Waals surface area contributed by atoms with E-state index < -0.39 is 10.8 Å². The monoisotopic (exact) mass is 1120 g/mol. The number of furan rings is 2. The molecule has 0 fully saturated rings. The van der Waals surface area contributed by atoms with Gasteiger partial charge < -0.3 is 18.6 Å². The van der Waals surface area contributed by atoms with Crippen LogP contribution < -0.4 is 9.80 Å². The Bertz CT molecular complexity index is 5200. The molecule has 0 atom stereocenters. The minimum atomic E-state index is -0.457. The lowest BCUT2D eigenvalue weighted by molar-refractivity contribution is 0.668. The number of anilines is 6. The molecular formula is C84H50N2O2. The summed E-state index contributed by atoms with van der Waals surface area (Å²) in [6, 6.07) is 112. The van der Waals surface area contributed by atoms with E-state index in [4.69, 9.17) is 8.83 Å². The predicted octanol–water partition coefficient (Wildman–Crippen LogP) is 22.3. The summed E-state index contributed by atoms with van der Waals surface area (Å²) in [4.78, 5) is 4.76. The van der Waals surface area contributed by atoms with Crippen molar-refractivity contribution in [3.05, 3.63) is 348 Å². The van der Waals surface area contributed by atoms with E-state index in [1.54, 1.807) is 0 Å². The summed E-state index contributed by atoms with van der Waals surface area (Å²) in [6.45, 7) is 0. The van der Waals surface area contributed by atoms with Crippen molar-refractivity contribution in [3.8, 4) is 44.5 Å². The smallest absolute Gasteiger partial charge is 0.137 e. The molecule has 4 aliphatic rings. The van der Waals surface area contributed by atoms with Crippen molar-refractivity contribution in [1.82, 2.24) is 0 Å². The summed E-state index contributed by atoms with van der Waals surface area (Å²) >= 11 is 0. The van der Waals surface area contributed by atoms with Crippen LogP contribution in [0.1, 0.15) is 44.5 Å². The van der Waals surface area contributed by atoms with Crippen molar-refractivity contribution in [2.45, 2.75) is 10.8 Å². The summed E-state index contributed by atoms with van der Waals surface area (Å²) in [5, 5.41) is 6.48. The molecule has 88 heavy (non-hydrogen) atoms. The second kappa shape index (κ2) is 17.6. The van der Waals surface area contributed by atoms with E-state index >= 15 is 0 Å². The number of benzene rings is 14. The van der Waals surface area contributed by atoms with E-state index in [9.17, 15) is 0 Å². The number of nitrogens with zero attached hydrogens (tertiary/aromatic N) is 2. The number of para-hydroxylation sites is 2. The SMILES string of the molecule is c1ccc(N(c2ccc3c(c2)C2(c4ccccc4-c4ccccc42)c2ccccc2-3)c2ccc3c(c2)oc2cc4cc5oc6cc(N(c7ccccc7)c7ccc8c(c7)C7(c9ccccc9-c9ccccc97)c7ccccc7-8)ccc6c5cc4cc23)cc1. The maximum Gasteiger partial charge on any atom is 0.137 e. The number of hydrogen-bond acceptors (Lipinski definition) is 4. The molecule has 4 aliphatic carbocycles. The first-order chi connectivity index (χ1) is 43.6. The average Bonchev–Trinajstić information content (AvgIpc) is 1.53. The van der Waals surface area contributed by atoms with Crippen molar-refractivity contribution >= 4 is 88.8 Å². The molecule has 0 unspecified atom stereocenters. The summed E-state index contributed by atoms with van der Waals surface area (Å²) in [5.74, 6) is 0. The highest BCUT2D eigenvalue weighted by Crippen LogP contribution is 2.65. The zero-order chi connectivity index (χ0) is 57.4. The Morgan fingerprint density at radius 1 is 0.193 bits per heavy atom. The molecule has 0 bridgehead atoms. The molecule has 4 nitrogen and oxygen atoms in total. The lowest BCUT2D eigenvalue weighted by atomic mass is 9.70. The van der Waals surface area contributed by atoms with Crippen molar-refractivity contribution < 1.29 is 8.83 Å². The van der Waals surface area contributed by atoms with E-state index in [1.807, 2.05) is 0 Å². The van der Waals surface area contributed by atoms with E-state index in [1.165, 1.54) is 89.0 Å². The van der Waals surface area contributed by atoms with Gasteiger partial charge in [0.1, 0.15) is 22.3 Å². The summed E-state index contributed by atoms with van der Waals surface area (Å²) in [5.41, 5.74) is 29.6. The minimum Gasteiger partial charge on any atom is -0.456 e. The summed E-state index contributed by atoms with van der Waals surface area (Å²) < 4.78 is 13.9. The largest absolute Gasteiger partial charge is 0.456 e. The molecule has 2 heterocycles. The fourth-order valence-corrected chi connectivity index (χ4v) is 16.5. The number of rotatable bonds is 6. The lowest BCUT2D eigenvalue weighted by Gasteiger charge is -2.32. The lowest BCUT2D eigenvalue weighted by Crippen LogP contribution is -2.26. The summed E-state index contributed by atoms with van der Waals surface area (Å²) in [7, 11) is 0. The molecule has 20 rings (SSSR count). The fraction of sp³-hybridized carbons (Fsp3) is 0.0238. The van der Waals surface area contributed by atoms with Gasteiger partial charge in [0.25, 0.3) is 0 Å². The molecule has 408 valence electrons. The normalized spacial score (nSPS) is 13.9. The predicted molar refractivity (Wildman–Crippen MR) is 360 cm³/mol. The molecule has 2 spiro atoms. The number of hydrogen-bond donors (Lipinski definition) is 0.